The zero-order chi connectivity index (χ0) is 13.0. The third-order valence-corrected chi connectivity index (χ3v) is 4.04. The van der Waals surface area contributed by atoms with Crippen LogP contribution < -0.4 is 10.6 Å². The molecular formula is C13H23ClN2O3. The first-order chi connectivity index (χ1) is 8.70. The minimum Gasteiger partial charge on any atom is -0.469 e. The Labute approximate surface area is 120 Å². The molecule has 19 heavy (non-hydrogen) atoms. The Morgan fingerprint density at radius 1 is 1.32 bits per heavy atom. The summed E-state index contributed by atoms with van der Waals surface area (Å²) in [5.41, 5.74) is 0. The molecular weight excluding hydrogens is 268 g/mol. The van der Waals surface area contributed by atoms with Crippen LogP contribution in [0.15, 0.2) is 0 Å². The van der Waals surface area contributed by atoms with E-state index in [4.69, 9.17) is 0 Å². The number of halogens is 1. The Morgan fingerprint density at radius 3 is 2.74 bits per heavy atom. The molecule has 1 aliphatic carbocycles. The number of carbonyl (C=O) groups excluding carboxylic acids is 2. The van der Waals surface area contributed by atoms with Crippen molar-refractivity contribution in [2.75, 3.05) is 13.7 Å². The second kappa shape index (κ2) is 7.70. The molecule has 3 unspecified atom stereocenters. The van der Waals surface area contributed by atoms with Crippen LogP contribution in [0.4, 0.5) is 0 Å². The minimum atomic E-state index is -0.289. The predicted octanol–water partition coefficient (Wildman–Crippen LogP) is 1.01. The Hall–Kier alpha value is -0.810. The van der Waals surface area contributed by atoms with Crippen LogP contribution in [-0.2, 0) is 14.3 Å². The van der Waals surface area contributed by atoms with Crippen LogP contribution in [0.2, 0.25) is 0 Å². The fourth-order valence-corrected chi connectivity index (χ4v) is 3.03. The van der Waals surface area contributed by atoms with Crippen LogP contribution in [0.25, 0.3) is 0 Å². The van der Waals surface area contributed by atoms with Gasteiger partial charge < -0.3 is 15.4 Å². The molecule has 0 aromatic rings. The molecule has 0 spiro atoms. The smallest absolute Gasteiger partial charge is 0.307 e. The molecule has 2 rings (SSSR count). The summed E-state index contributed by atoms with van der Waals surface area (Å²) in [6.07, 6.45) is 6.17. The number of amides is 1. The first kappa shape index (κ1) is 16.2. The van der Waals surface area contributed by atoms with Crippen LogP contribution in [-0.4, -0.2) is 37.6 Å². The van der Waals surface area contributed by atoms with Crippen molar-refractivity contribution in [3.63, 3.8) is 0 Å². The SMILES string of the molecule is COC(=O)CCNC(=O)C1CC2CCCCC2N1.Cl. The maximum Gasteiger partial charge on any atom is 0.307 e. The fourth-order valence-electron chi connectivity index (χ4n) is 3.03. The predicted molar refractivity (Wildman–Crippen MR) is 74.2 cm³/mol. The first-order valence-corrected chi connectivity index (χ1v) is 6.81. The van der Waals surface area contributed by atoms with Crippen molar-refractivity contribution in [2.45, 2.75) is 50.6 Å². The van der Waals surface area contributed by atoms with E-state index in [-0.39, 0.29) is 36.7 Å². The van der Waals surface area contributed by atoms with Crippen molar-refractivity contribution in [3.05, 3.63) is 0 Å². The van der Waals surface area contributed by atoms with E-state index in [2.05, 4.69) is 15.4 Å². The van der Waals surface area contributed by atoms with Gasteiger partial charge in [0.05, 0.1) is 19.6 Å². The molecule has 1 saturated carbocycles. The van der Waals surface area contributed by atoms with Crippen LogP contribution >= 0.6 is 12.4 Å². The van der Waals surface area contributed by atoms with Crippen molar-refractivity contribution in [2.24, 2.45) is 5.92 Å². The number of esters is 1. The van der Waals surface area contributed by atoms with E-state index < -0.39 is 0 Å². The van der Waals surface area contributed by atoms with E-state index in [0.29, 0.717) is 18.5 Å². The highest BCUT2D eigenvalue weighted by Gasteiger charge is 2.37. The summed E-state index contributed by atoms with van der Waals surface area (Å²) in [4.78, 5) is 22.9. The lowest BCUT2D eigenvalue weighted by Crippen LogP contribution is -2.43. The van der Waals surface area contributed by atoms with E-state index in [9.17, 15) is 9.59 Å². The fraction of sp³-hybridized carbons (Fsp3) is 0.846. The summed E-state index contributed by atoms with van der Waals surface area (Å²) in [6.45, 7) is 0.360. The summed E-state index contributed by atoms with van der Waals surface area (Å²) in [7, 11) is 1.35. The average molecular weight is 291 g/mol. The standard InChI is InChI=1S/C13H22N2O3.ClH/c1-18-12(16)6-7-14-13(17)11-8-9-4-2-3-5-10(9)15-11;/h9-11,15H,2-8H2,1H3,(H,14,17);1H. The maximum atomic E-state index is 11.9. The van der Waals surface area contributed by atoms with Gasteiger partial charge in [0.15, 0.2) is 0 Å². The number of hydrogen-bond donors (Lipinski definition) is 2. The molecule has 2 fully saturated rings. The summed E-state index contributed by atoms with van der Waals surface area (Å²) in [5, 5.41) is 6.21. The van der Waals surface area contributed by atoms with Crippen LogP contribution in [0.5, 0.6) is 0 Å². The minimum absolute atomic E-state index is 0. The van der Waals surface area contributed by atoms with Gasteiger partial charge in [-0.05, 0) is 25.2 Å². The molecule has 1 aliphatic heterocycles. The summed E-state index contributed by atoms with van der Waals surface area (Å²) < 4.78 is 4.53. The molecule has 0 aromatic carbocycles. The molecule has 1 amide bonds. The van der Waals surface area contributed by atoms with Gasteiger partial charge in [-0.25, -0.2) is 0 Å². The third-order valence-electron chi connectivity index (χ3n) is 4.04. The molecule has 110 valence electrons. The Kier molecular flexibility index (Phi) is 6.58. The van der Waals surface area contributed by atoms with Gasteiger partial charge in [0, 0.05) is 12.6 Å². The van der Waals surface area contributed by atoms with E-state index in [1.807, 2.05) is 0 Å². The van der Waals surface area contributed by atoms with Gasteiger partial charge in [-0.15, -0.1) is 12.4 Å². The van der Waals surface area contributed by atoms with E-state index in [1.165, 1.54) is 32.8 Å². The van der Waals surface area contributed by atoms with Crippen molar-refractivity contribution in [3.8, 4) is 0 Å². The molecule has 2 aliphatic rings. The normalized spacial score (nSPS) is 29.0. The number of nitrogens with one attached hydrogen (secondary N) is 2. The van der Waals surface area contributed by atoms with Gasteiger partial charge in [0.2, 0.25) is 5.91 Å². The number of ether oxygens (including phenoxy) is 1. The average Bonchev–Trinajstić information content (AvgIpc) is 2.82. The number of methoxy groups -OCH3 is 1. The quantitative estimate of drug-likeness (QED) is 0.758. The molecule has 0 bridgehead atoms. The van der Waals surface area contributed by atoms with Gasteiger partial charge in [-0.1, -0.05) is 12.8 Å². The first-order valence-electron chi connectivity index (χ1n) is 6.81. The molecule has 0 aromatic heterocycles. The lowest BCUT2D eigenvalue weighted by Gasteiger charge is -2.24. The van der Waals surface area contributed by atoms with Gasteiger partial charge >= 0.3 is 5.97 Å². The topological polar surface area (TPSA) is 67.4 Å². The maximum absolute atomic E-state index is 11.9. The highest BCUT2D eigenvalue weighted by atomic mass is 35.5. The molecule has 2 N–H and O–H groups in total. The lowest BCUT2D eigenvalue weighted by atomic mass is 9.85. The molecule has 3 atom stereocenters. The Balaban J connectivity index is 0.00000180. The number of fused-ring (bicyclic) bond motifs is 1. The Morgan fingerprint density at radius 2 is 2.05 bits per heavy atom. The molecule has 5 nitrogen and oxygen atoms in total. The van der Waals surface area contributed by atoms with Crippen molar-refractivity contribution in [1.82, 2.24) is 10.6 Å². The van der Waals surface area contributed by atoms with Gasteiger partial charge in [-0.3, -0.25) is 9.59 Å². The molecule has 1 heterocycles. The van der Waals surface area contributed by atoms with E-state index in [1.54, 1.807) is 0 Å². The molecule has 1 saturated heterocycles. The zero-order valence-electron chi connectivity index (χ0n) is 11.3. The van der Waals surface area contributed by atoms with Crippen molar-refractivity contribution >= 4 is 24.3 Å². The Bertz CT molecular complexity index is 311. The van der Waals surface area contributed by atoms with E-state index in [0.717, 1.165) is 6.42 Å². The van der Waals surface area contributed by atoms with Gasteiger partial charge in [0.25, 0.3) is 0 Å². The molecule has 6 heteroatoms. The van der Waals surface area contributed by atoms with Crippen LogP contribution in [0, 0.1) is 5.92 Å². The van der Waals surface area contributed by atoms with Gasteiger partial charge in [-0.2, -0.15) is 0 Å². The monoisotopic (exact) mass is 290 g/mol. The summed E-state index contributed by atoms with van der Waals surface area (Å²) >= 11 is 0. The lowest BCUT2D eigenvalue weighted by molar-refractivity contribution is -0.140. The molecule has 0 radical (unpaired) electrons. The van der Waals surface area contributed by atoms with Gasteiger partial charge in [0.1, 0.15) is 0 Å². The van der Waals surface area contributed by atoms with Crippen LogP contribution in [0.1, 0.15) is 38.5 Å². The van der Waals surface area contributed by atoms with Crippen LogP contribution in [0.3, 0.4) is 0 Å². The third kappa shape index (κ3) is 4.35. The second-order valence-corrected chi connectivity index (χ2v) is 5.22. The largest absolute Gasteiger partial charge is 0.469 e. The number of hydrogen-bond acceptors (Lipinski definition) is 4. The highest BCUT2D eigenvalue weighted by molar-refractivity contribution is 5.85. The summed E-state index contributed by atoms with van der Waals surface area (Å²) in [6, 6.07) is 0.450. The highest BCUT2D eigenvalue weighted by Crippen LogP contribution is 2.33. The number of carbonyl (C=O) groups is 2. The second-order valence-electron chi connectivity index (χ2n) is 5.22. The van der Waals surface area contributed by atoms with Crippen molar-refractivity contribution < 1.29 is 14.3 Å². The van der Waals surface area contributed by atoms with Crippen molar-refractivity contribution in [1.29, 1.82) is 0 Å². The summed E-state index contributed by atoms with van der Waals surface area (Å²) in [5.74, 6) is 0.395. The zero-order valence-corrected chi connectivity index (χ0v) is 12.1. The van der Waals surface area contributed by atoms with E-state index >= 15 is 0 Å². The number of rotatable bonds is 4.